The van der Waals surface area contributed by atoms with Crippen LogP contribution in [0.15, 0.2) is 24.3 Å². The van der Waals surface area contributed by atoms with E-state index >= 15 is 0 Å². The van der Waals surface area contributed by atoms with Crippen molar-refractivity contribution >= 4 is 23.7 Å². The summed E-state index contributed by atoms with van der Waals surface area (Å²) in [6.45, 7) is 1.30. The molecular weight excluding hydrogens is 518 g/mol. The van der Waals surface area contributed by atoms with Crippen molar-refractivity contribution in [3.8, 4) is 5.75 Å². The fourth-order valence-electron chi connectivity index (χ4n) is 4.05. The Bertz CT molecular complexity index is 915. The summed E-state index contributed by atoms with van der Waals surface area (Å²) in [4.78, 5) is 51.1. The van der Waals surface area contributed by atoms with Crippen molar-refractivity contribution in [2.45, 2.75) is 88.4 Å². The van der Waals surface area contributed by atoms with Gasteiger partial charge in [0.05, 0.1) is 6.04 Å². The molecule has 1 aromatic carbocycles. The normalized spacial score (nSPS) is 14.0. The molecule has 0 bridgehead atoms. The highest BCUT2D eigenvalue weighted by Crippen LogP contribution is 2.12. The molecule has 0 saturated carbocycles. The van der Waals surface area contributed by atoms with Crippen molar-refractivity contribution in [2.24, 2.45) is 22.9 Å². The molecule has 0 aliphatic heterocycles. The summed E-state index contributed by atoms with van der Waals surface area (Å²) in [5, 5.41) is 27.1. The van der Waals surface area contributed by atoms with Crippen LogP contribution in [0.5, 0.6) is 5.75 Å². The molecule has 0 spiro atoms. The third kappa shape index (κ3) is 13.7. The quantitative estimate of drug-likeness (QED) is 0.0838. The van der Waals surface area contributed by atoms with Gasteiger partial charge in [-0.3, -0.25) is 14.4 Å². The molecule has 1 rings (SSSR count). The second-order valence-corrected chi connectivity index (χ2v) is 9.85. The average molecular weight is 566 g/mol. The Labute approximate surface area is 235 Å². The van der Waals surface area contributed by atoms with Crippen LogP contribution in [-0.2, 0) is 25.6 Å². The number of carbonyl (C=O) groups excluding carboxylic acids is 3. The lowest BCUT2D eigenvalue weighted by Gasteiger charge is -2.25. The molecule has 13 heteroatoms. The van der Waals surface area contributed by atoms with Crippen molar-refractivity contribution in [3.05, 3.63) is 29.8 Å². The molecule has 0 aromatic heterocycles. The topological polar surface area (TPSA) is 249 Å². The molecule has 0 heterocycles. The maximum Gasteiger partial charge on any atom is 0.326 e. The highest BCUT2D eigenvalue weighted by molar-refractivity contribution is 5.94. The molecule has 13 nitrogen and oxygen atoms in total. The van der Waals surface area contributed by atoms with Gasteiger partial charge in [0.2, 0.25) is 17.7 Å². The fourth-order valence-corrected chi connectivity index (χ4v) is 4.05. The third-order valence-electron chi connectivity index (χ3n) is 6.46. The van der Waals surface area contributed by atoms with Gasteiger partial charge in [-0.1, -0.05) is 18.6 Å². The SMILES string of the molecule is NCCCCC(N)C(=O)NC(CCCCN)C(=O)NC(CCCCN)C(=O)NC(Cc1ccc(O)cc1)C(=O)O. The van der Waals surface area contributed by atoms with Crippen molar-refractivity contribution in [1.29, 1.82) is 0 Å². The zero-order valence-corrected chi connectivity index (χ0v) is 23.1. The minimum atomic E-state index is -1.27. The number of nitrogens with one attached hydrogen (secondary N) is 3. The number of carbonyl (C=O) groups is 4. The Hall–Kier alpha value is -3.26. The van der Waals surface area contributed by atoms with Gasteiger partial charge in [0, 0.05) is 6.42 Å². The lowest BCUT2D eigenvalue weighted by Crippen LogP contribution is -2.57. The van der Waals surface area contributed by atoms with E-state index in [0.29, 0.717) is 70.1 Å². The van der Waals surface area contributed by atoms with E-state index in [0.717, 1.165) is 6.42 Å². The number of hydrogen-bond donors (Lipinski definition) is 9. The molecule has 0 aliphatic rings. The predicted molar refractivity (Wildman–Crippen MR) is 152 cm³/mol. The first-order valence-corrected chi connectivity index (χ1v) is 13.9. The number of unbranched alkanes of at least 4 members (excludes halogenated alkanes) is 3. The van der Waals surface area contributed by atoms with Gasteiger partial charge >= 0.3 is 5.97 Å². The summed E-state index contributed by atoms with van der Waals surface area (Å²) < 4.78 is 0. The molecule has 0 aliphatic carbocycles. The van der Waals surface area contributed by atoms with Gasteiger partial charge in [0.15, 0.2) is 0 Å². The van der Waals surface area contributed by atoms with Crippen LogP contribution in [-0.4, -0.2) is 77.7 Å². The number of carboxylic acids is 1. The number of nitrogens with two attached hydrogens (primary N) is 4. The Morgan fingerprint density at radius 2 is 1.07 bits per heavy atom. The van der Waals surface area contributed by atoms with E-state index in [2.05, 4.69) is 16.0 Å². The molecule has 0 saturated heterocycles. The van der Waals surface area contributed by atoms with Gasteiger partial charge in [-0.2, -0.15) is 0 Å². The first-order valence-electron chi connectivity index (χ1n) is 13.9. The lowest BCUT2D eigenvalue weighted by molar-refractivity contribution is -0.142. The van der Waals surface area contributed by atoms with Gasteiger partial charge in [-0.15, -0.1) is 0 Å². The van der Waals surface area contributed by atoms with Crippen LogP contribution in [0.2, 0.25) is 0 Å². The molecule has 3 amide bonds. The molecule has 40 heavy (non-hydrogen) atoms. The summed E-state index contributed by atoms with van der Waals surface area (Å²) in [6.07, 6.45) is 4.63. The highest BCUT2D eigenvalue weighted by Gasteiger charge is 2.30. The number of phenols is 1. The number of carboxylic acid groups (broad SMARTS) is 1. The van der Waals surface area contributed by atoms with Gasteiger partial charge in [-0.25, -0.2) is 4.79 Å². The van der Waals surface area contributed by atoms with Crippen LogP contribution in [0.25, 0.3) is 0 Å². The standard InChI is InChI=1S/C27H47N7O6/c28-14-4-1-7-20(31)24(36)32-21(8-2-5-15-29)25(37)33-22(9-3-6-16-30)26(38)34-23(27(39)40)17-18-10-12-19(35)13-11-18/h10-13,20-23,35H,1-9,14-17,28-31H2,(H,32,36)(H,33,37)(H,34,38)(H,39,40). The maximum atomic E-state index is 13.3. The Morgan fingerprint density at radius 3 is 1.52 bits per heavy atom. The number of benzene rings is 1. The van der Waals surface area contributed by atoms with E-state index < -0.39 is 47.9 Å². The second kappa shape index (κ2) is 19.7. The summed E-state index contributed by atoms with van der Waals surface area (Å²) in [5.41, 5.74) is 23.3. The van der Waals surface area contributed by atoms with E-state index in [9.17, 15) is 29.4 Å². The van der Waals surface area contributed by atoms with Gasteiger partial charge in [-0.05, 0) is 88.7 Å². The Kier molecular flexibility index (Phi) is 17.2. The van der Waals surface area contributed by atoms with Crippen LogP contribution < -0.4 is 38.9 Å². The van der Waals surface area contributed by atoms with E-state index in [4.69, 9.17) is 22.9 Å². The summed E-state index contributed by atoms with van der Waals surface area (Å²) in [7, 11) is 0. The Morgan fingerprint density at radius 1 is 0.650 bits per heavy atom. The van der Waals surface area contributed by atoms with Crippen LogP contribution in [0.3, 0.4) is 0 Å². The van der Waals surface area contributed by atoms with Gasteiger partial charge < -0.3 is 49.1 Å². The van der Waals surface area contributed by atoms with E-state index in [1.807, 2.05) is 0 Å². The minimum Gasteiger partial charge on any atom is -0.508 e. The molecule has 226 valence electrons. The number of phenolic OH excluding ortho intramolecular Hbond substituents is 1. The molecule has 1 aromatic rings. The summed E-state index contributed by atoms with van der Waals surface area (Å²) in [6, 6.07) is 1.91. The molecular formula is C27H47N7O6. The zero-order valence-electron chi connectivity index (χ0n) is 23.1. The van der Waals surface area contributed by atoms with Crippen LogP contribution >= 0.6 is 0 Å². The minimum absolute atomic E-state index is 0.0232. The molecule has 0 radical (unpaired) electrons. The molecule has 0 fully saturated rings. The summed E-state index contributed by atoms with van der Waals surface area (Å²) >= 11 is 0. The van der Waals surface area contributed by atoms with Crippen molar-refractivity contribution in [1.82, 2.24) is 16.0 Å². The van der Waals surface area contributed by atoms with Crippen LogP contribution in [0.1, 0.15) is 63.4 Å². The third-order valence-corrected chi connectivity index (χ3v) is 6.46. The first kappa shape index (κ1) is 34.8. The van der Waals surface area contributed by atoms with E-state index in [1.54, 1.807) is 12.1 Å². The fraction of sp³-hybridized carbons (Fsp3) is 0.630. The number of hydrogen-bond acceptors (Lipinski definition) is 9. The summed E-state index contributed by atoms with van der Waals surface area (Å²) in [5.74, 6) is -2.93. The maximum absolute atomic E-state index is 13.3. The zero-order chi connectivity index (χ0) is 29.9. The average Bonchev–Trinajstić information content (AvgIpc) is 2.92. The number of aromatic hydroxyl groups is 1. The molecule has 4 unspecified atom stereocenters. The smallest absolute Gasteiger partial charge is 0.326 e. The number of rotatable bonds is 21. The lowest BCUT2D eigenvalue weighted by atomic mass is 10.0. The van der Waals surface area contributed by atoms with Crippen molar-refractivity contribution in [2.75, 3.05) is 19.6 Å². The second-order valence-electron chi connectivity index (χ2n) is 9.85. The predicted octanol–water partition coefficient (Wildman–Crippen LogP) is -0.812. The van der Waals surface area contributed by atoms with Crippen LogP contribution in [0, 0.1) is 0 Å². The molecule has 13 N–H and O–H groups in total. The van der Waals surface area contributed by atoms with E-state index in [1.165, 1.54) is 12.1 Å². The van der Waals surface area contributed by atoms with E-state index in [-0.39, 0.29) is 18.6 Å². The van der Waals surface area contributed by atoms with Gasteiger partial charge in [0.1, 0.15) is 23.9 Å². The molecule has 4 atom stereocenters. The van der Waals surface area contributed by atoms with Crippen LogP contribution in [0.4, 0.5) is 0 Å². The largest absolute Gasteiger partial charge is 0.508 e. The van der Waals surface area contributed by atoms with Crippen molar-refractivity contribution < 1.29 is 29.4 Å². The highest BCUT2D eigenvalue weighted by atomic mass is 16.4. The van der Waals surface area contributed by atoms with Crippen molar-refractivity contribution in [3.63, 3.8) is 0 Å². The first-order chi connectivity index (χ1) is 19.1. The Balaban J connectivity index is 2.99. The number of aliphatic carboxylic acids is 1. The monoisotopic (exact) mass is 565 g/mol. The number of amides is 3. The van der Waals surface area contributed by atoms with Gasteiger partial charge in [0.25, 0.3) is 0 Å².